The molecule has 4 aromatic carbocycles. The van der Waals surface area contributed by atoms with E-state index in [1.807, 2.05) is 48.5 Å². The summed E-state index contributed by atoms with van der Waals surface area (Å²) in [6.07, 6.45) is 13.8. The van der Waals surface area contributed by atoms with Crippen LogP contribution in [0.5, 0.6) is 0 Å². The fourth-order valence-electron chi connectivity index (χ4n) is 5.41. The number of hydrogen-bond donors (Lipinski definition) is 0. The van der Waals surface area contributed by atoms with E-state index in [-0.39, 0.29) is 11.9 Å². The molecule has 0 atom stereocenters. The molecule has 38 heavy (non-hydrogen) atoms. The molecule has 0 saturated heterocycles. The van der Waals surface area contributed by atoms with Crippen molar-refractivity contribution < 1.29 is 19.1 Å². The van der Waals surface area contributed by atoms with Crippen LogP contribution in [0.3, 0.4) is 0 Å². The van der Waals surface area contributed by atoms with E-state index >= 15 is 0 Å². The number of unbranched alkanes of at least 4 members (excludes halogenated alkanes) is 10. The Morgan fingerprint density at radius 2 is 0.868 bits per heavy atom. The van der Waals surface area contributed by atoms with Crippen LogP contribution in [0.2, 0.25) is 0 Å². The minimum atomic E-state index is -0.282. The van der Waals surface area contributed by atoms with Crippen LogP contribution in [0.15, 0.2) is 48.5 Å². The summed E-state index contributed by atoms with van der Waals surface area (Å²) in [6, 6.07) is 15.7. The van der Waals surface area contributed by atoms with Gasteiger partial charge in [0.2, 0.25) is 0 Å². The first-order valence-electron chi connectivity index (χ1n) is 14.7. The van der Waals surface area contributed by atoms with E-state index in [2.05, 4.69) is 13.8 Å². The molecule has 4 nitrogen and oxygen atoms in total. The Kier molecular flexibility index (Phi) is 10.4. The maximum atomic E-state index is 13.0. The van der Waals surface area contributed by atoms with Gasteiger partial charge in [-0.2, -0.15) is 0 Å². The minimum Gasteiger partial charge on any atom is -0.462 e. The fourth-order valence-corrected chi connectivity index (χ4v) is 5.41. The fraction of sp³-hybridized carbons (Fsp3) is 0.471. The van der Waals surface area contributed by atoms with Gasteiger partial charge in [0.1, 0.15) is 0 Å². The van der Waals surface area contributed by atoms with Crippen molar-refractivity contribution in [2.75, 3.05) is 13.2 Å². The molecule has 0 aromatic heterocycles. The van der Waals surface area contributed by atoms with E-state index in [4.69, 9.17) is 9.47 Å². The SMILES string of the molecule is CCCCCCCCOC(=O)c1ccc2ccc3c(C(=O)OCCCCCCCC)ccc4ccc1c2c43. The van der Waals surface area contributed by atoms with Gasteiger partial charge in [0.15, 0.2) is 0 Å². The normalized spacial score (nSPS) is 11.5. The zero-order valence-electron chi connectivity index (χ0n) is 23.2. The first-order valence-corrected chi connectivity index (χ1v) is 14.7. The predicted molar refractivity (Wildman–Crippen MR) is 157 cm³/mol. The molecule has 0 aliphatic rings. The molecule has 0 spiro atoms. The smallest absolute Gasteiger partial charge is 0.338 e. The van der Waals surface area contributed by atoms with E-state index in [9.17, 15) is 9.59 Å². The molecular formula is C34H42O4. The summed E-state index contributed by atoms with van der Waals surface area (Å²) in [6.45, 7) is 5.31. The quantitative estimate of drug-likeness (QED) is 0.0848. The van der Waals surface area contributed by atoms with Crippen LogP contribution in [0.4, 0.5) is 0 Å². The van der Waals surface area contributed by atoms with E-state index in [1.54, 1.807) is 0 Å². The Balaban J connectivity index is 1.50. The van der Waals surface area contributed by atoms with Crippen LogP contribution in [0.1, 0.15) is 112 Å². The van der Waals surface area contributed by atoms with Gasteiger partial charge >= 0.3 is 11.9 Å². The second-order valence-electron chi connectivity index (χ2n) is 10.5. The zero-order valence-corrected chi connectivity index (χ0v) is 23.2. The summed E-state index contributed by atoms with van der Waals surface area (Å²) < 4.78 is 11.3. The van der Waals surface area contributed by atoms with Crippen molar-refractivity contribution in [2.45, 2.75) is 90.9 Å². The van der Waals surface area contributed by atoms with Crippen molar-refractivity contribution in [3.8, 4) is 0 Å². The van der Waals surface area contributed by atoms with Gasteiger partial charge in [0, 0.05) is 0 Å². The largest absolute Gasteiger partial charge is 0.462 e. The lowest BCUT2D eigenvalue weighted by atomic mass is 9.90. The molecule has 4 heteroatoms. The molecule has 0 aliphatic heterocycles. The Bertz CT molecular complexity index is 1240. The number of carbonyl (C=O) groups excluding carboxylic acids is 2. The van der Waals surface area contributed by atoms with Gasteiger partial charge in [-0.3, -0.25) is 0 Å². The molecule has 0 fully saturated rings. The highest BCUT2D eigenvalue weighted by molar-refractivity contribution is 6.28. The van der Waals surface area contributed by atoms with Crippen LogP contribution in [-0.2, 0) is 9.47 Å². The molecular weight excluding hydrogens is 472 g/mol. The van der Waals surface area contributed by atoms with Crippen molar-refractivity contribution in [2.24, 2.45) is 0 Å². The van der Waals surface area contributed by atoms with Crippen LogP contribution < -0.4 is 0 Å². The lowest BCUT2D eigenvalue weighted by molar-refractivity contribution is 0.0490. The molecule has 0 aliphatic carbocycles. The molecule has 0 unspecified atom stereocenters. The van der Waals surface area contributed by atoms with Crippen molar-refractivity contribution in [1.29, 1.82) is 0 Å². The van der Waals surface area contributed by atoms with Crippen LogP contribution in [0, 0.1) is 0 Å². The van der Waals surface area contributed by atoms with Crippen LogP contribution in [-0.4, -0.2) is 25.2 Å². The number of benzene rings is 4. The van der Waals surface area contributed by atoms with E-state index < -0.39 is 0 Å². The lowest BCUT2D eigenvalue weighted by Gasteiger charge is -2.15. The lowest BCUT2D eigenvalue weighted by Crippen LogP contribution is -2.08. The summed E-state index contributed by atoms with van der Waals surface area (Å²) in [4.78, 5) is 26.1. The highest BCUT2D eigenvalue weighted by Gasteiger charge is 2.19. The highest BCUT2D eigenvalue weighted by atomic mass is 16.5. The van der Waals surface area contributed by atoms with Crippen molar-refractivity contribution in [1.82, 2.24) is 0 Å². The van der Waals surface area contributed by atoms with Gasteiger partial charge in [-0.1, -0.05) is 114 Å². The maximum Gasteiger partial charge on any atom is 0.338 e. The van der Waals surface area contributed by atoms with Crippen LogP contribution >= 0.6 is 0 Å². The van der Waals surface area contributed by atoms with Gasteiger partial charge < -0.3 is 9.47 Å². The van der Waals surface area contributed by atoms with Gasteiger partial charge in [-0.05, 0) is 57.3 Å². The zero-order chi connectivity index (χ0) is 26.7. The molecule has 0 heterocycles. The molecule has 202 valence electrons. The van der Waals surface area contributed by atoms with Gasteiger partial charge in [0.05, 0.1) is 24.3 Å². The summed E-state index contributed by atoms with van der Waals surface area (Å²) in [5.74, 6) is -0.565. The number of carbonyl (C=O) groups is 2. The number of rotatable bonds is 16. The third-order valence-corrected chi connectivity index (χ3v) is 7.57. The summed E-state index contributed by atoms with van der Waals surface area (Å²) in [5, 5.41) is 5.82. The van der Waals surface area contributed by atoms with Crippen molar-refractivity contribution >= 4 is 44.3 Å². The summed E-state index contributed by atoms with van der Waals surface area (Å²) in [5.41, 5.74) is 1.16. The highest BCUT2D eigenvalue weighted by Crippen LogP contribution is 2.37. The first kappa shape index (κ1) is 27.9. The second kappa shape index (κ2) is 14.1. The molecule has 4 rings (SSSR count). The Morgan fingerprint density at radius 1 is 0.500 bits per heavy atom. The Hall–Kier alpha value is -3.14. The topological polar surface area (TPSA) is 52.6 Å². The standard InChI is InChI=1S/C34H42O4/c1-3-5-7-9-11-13-23-37-33(35)29-21-17-25-16-20-28-30(34(36)38-24-14-12-10-8-6-4-2)22-18-26-15-19-27(29)31(25)32(26)28/h15-22H,3-14,23-24H2,1-2H3. The molecule has 0 amide bonds. The summed E-state index contributed by atoms with van der Waals surface area (Å²) >= 11 is 0. The van der Waals surface area contributed by atoms with E-state index in [0.717, 1.165) is 58.0 Å². The van der Waals surface area contributed by atoms with Crippen molar-refractivity contribution in [3.63, 3.8) is 0 Å². The molecule has 0 bridgehead atoms. The molecule has 0 radical (unpaired) electrons. The first-order chi connectivity index (χ1) is 18.7. The second-order valence-corrected chi connectivity index (χ2v) is 10.5. The molecule has 0 N–H and O–H groups in total. The van der Waals surface area contributed by atoms with E-state index in [1.165, 1.54) is 51.4 Å². The third-order valence-electron chi connectivity index (χ3n) is 7.57. The third kappa shape index (κ3) is 6.64. The number of ether oxygens (including phenoxy) is 2. The minimum absolute atomic E-state index is 0.282. The van der Waals surface area contributed by atoms with Gasteiger partial charge in [-0.15, -0.1) is 0 Å². The van der Waals surface area contributed by atoms with Crippen LogP contribution in [0.25, 0.3) is 32.3 Å². The maximum absolute atomic E-state index is 13.0. The van der Waals surface area contributed by atoms with E-state index in [0.29, 0.717) is 24.3 Å². The van der Waals surface area contributed by atoms with Crippen molar-refractivity contribution in [3.05, 3.63) is 59.7 Å². The summed E-state index contributed by atoms with van der Waals surface area (Å²) in [7, 11) is 0. The molecule has 4 aromatic rings. The number of hydrogen-bond acceptors (Lipinski definition) is 4. The Labute approximate surface area is 227 Å². The average Bonchev–Trinajstić information content (AvgIpc) is 2.94. The molecule has 0 saturated carbocycles. The average molecular weight is 515 g/mol. The van der Waals surface area contributed by atoms with Gasteiger partial charge in [0.25, 0.3) is 0 Å². The monoisotopic (exact) mass is 514 g/mol. The van der Waals surface area contributed by atoms with Gasteiger partial charge in [-0.25, -0.2) is 9.59 Å². The number of esters is 2. The Morgan fingerprint density at radius 3 is 1.29 bits per heavy atom. The predicted octanol–water partition coefficient (Wildman–Crippen LogP) is 9.62.